The summed E-state index contributed by atoms with van der Waals surface area (Å²) in [5.41, 5.74) is 0. The monoisotopic (exact) mass is 250 g/mol. The van der Waals surface area contributed by atoms with E-state index in [2.05, 4.69) is 24.6 Å². The Morgan fingerprint density at radius 1 is 1.35 bits per heavy atom. The maximum Gasteiger partial charge on any atom is 0.205 e. The summed E-state index contributed by atoms with van der Waals surface area (Å²) in [7, 11) is 0. The molecule has 0 saturated carbocycles. The number of nitrogens with zero attached hydrogens (tertiary/aromatic N) is 6. The molecule has 90 valence electrons. The Balaban J connectivity index is 1.64. The summed E-state index contributed by atoms with van der Waals surface area (Å²) in [5, 5.41) is 8.96. The average molecular weight is 250 g/mol. The summed E-state index contributed by atoms with van der Waals surface area (Å²) in [6.07, 6.45) is 5.85. The number of aryl methyl sites for hydroxylation is 1. The van der Waals surface area contributed by atoms with Gasteiger partial charge in [-0.25, -0.2) is 9.67 Å². The van der Waals surface area contributed by atoms with Crippen molar-refractivity contribution >= 4 is 16.7 Å². The van der Waals surface area contributed by atoms with Crippen LogP contribution in [-0.4, -0.2) is 37.4 Å². The molecule has 3 heterocycles. The first kappa shape index (κ1) is 10.6. The molecular formula is C10H14N6S. The van der Waals surface area contributed by atoms with E-state index < -0.39 is 0 Å². The van der Waals surface area contributed by atoms with Gasteiger partial charge in [-0.05, 0) is 19.8 Å². The molecule has 2 aromatic heterocycles. The maximum absolute atomic E-state index is 4.42. The molecule has 1 aliphatic heterocycles. The largest absolute Gasteiger partial charge is 0.347 e. The van der Waals surface area contributed by atoms with Crippen molar-refractivity contribution in [2.45, 2.75) is 25.8 Å². The summed E-state index contributed by atoms with van der Waals surface area (Å²) in [6, 6.07) is 0.475. The smallest absolute Gasteiger partial charge is 0.205 e. The zero-order valence-electron chi connectivity index (χ0n) is 9.65. The lowest BCUT2D eigenvalue weighted by Gasteiger charge is -2.31. The molecule has 6 nitrogen and oxygen atoms in total. The molecule has 17 heavy (non-hydrogen) atoms. The fourth-order valence-electron chi connectivity index (χ4n) is 2.15. The molecule has 0 atom stereocenters. The molecule has 0 aromatic carbocycles. The quantitative estimate of drug-likeness (QED) is 0.803. The van der Waals surface area contributed by atoms with Crippen LogP contribution in [0.15, 0.2) is 12.4 Å². The van der Waals surface area contributed by atoms with Crippen molar-refractivity contribution in [2.24, 2.45) is 0 Å². The van der Waals surface area contributed by atoms with Gasteiger partial charge in [-0.2, -0.15) is 4.37 Å². The number of anilines is 1. The number of hydrogen-bond acceptors (Lipinski definition) is 6. The Morgan fingerprint density at radius 2 is 2.18 bits per heavy atom. The van der Waals surface area contributed by atoms with Crippen LogP contribution in [0.5, 0.6) is 0 Å². The van der Waals surface area contributed by atoms with Crippen LogP contribution in [0, 0.1) is 6.92 Å². The van der Waals surface area contributed by atoms with Gasteiger partial charge in [-0.3, -0.25) is 0 Å². The Labute approximate surface area is 103 Å². The molecule has 1 fully saturated rings. The lowest BCUT2D eigenvalue weighted by molar-refractivity contribution is 0.360. The van der Waals surface area contributed by atoms with Gasteiger partial charge in [0, 0.05) is 30.8 Å². The molecule has 1 aliphatic rings. The van der Waals surface area contributed by atoms with Crippen molar-refractivity contribution in [1.82, 2.24) is 24.4 Å². The molecule has 0 radical (unpaired) electrons. The molecule has 1 saturated heterocycles. The zero-order chi connectivity index (χ0) is 11.7. The lowest BCUT2D eigenvalue weighted by atomic mass is 10.1. The van der Waals surface area contributed by atoms with Gasteiger partial charge in [0.2, 0.25) is 5.13 Å². The van der Waals surface area contributed by atoms with Gasteiger partial charge in [0.1, 0.15) is 5.82 Å². The van der Waals surface area contributed by atoms with E-state index in [-0.39, 0.29) is 0 Å². The van der Waals surface area contributed by atoms with E-state index in [0.717, 1.165) is 36.9 Å². The van der Waals surface area contributed by atoms with E-state index in [1.54, 1.807) is 6.20 Å². The molecule has 0 unspecified atom stereocenters. The van der Waals surface area contributed by atoms with E-state index in [0.29, 0.717) is 6.04 Å². The highest BCUT2D eigenvalue weighted by molar-refractivity contribution is 7.09. The molecule has 2 aromatic rings. The third kappa shape index (κ3) is 2.14. The van der Waals surface area contributed by atoms with Crippen LogP contribution in [0.1, 0.15) is 24.7 Å². The highest BCUT2D eigenvalue weighted by Crippen LogP contribution is 2.26. The molecule has 0 spiro atoms. The Hall–Kier alpha value is -1.50. The van der Waals surface area contributed by atoms with Gasteiger partial charge in [-0.15, -0.1) is 5.10 Å². The van der Waals surface area contributed by atoms with Crippen molar-refractivity contribution in [3.05, 3.63) is 18.2 Å². The topological polar surface area (TPSA) is 59.7 Å². The van der Waals surface area contributed by atoms with E-state index in [1.165, 1.54) is 11.5 Å². The number of rotatable bonds is 2. The fourth-order valence-corrected chi connectivity index (χ4v) is 2.87. The van der Waals surface area contributed by atoms with Crippen LogP contribution in [0.4, 0.5) is 5.13 Å². The minimum absolute atomic E-state index is 0.475. The first-order valence-corrected chi connectivity index (χ1v) is 6.51. The average Bonchev–Trinajstić information content (AvgIpc) is 3.00. The molecule has 0 bridgehead atoms. The molecule has 0 amide bonds. The first-order valence-electron chi connectivity index (χ1n) is 5.74. The van der Waals surface area contributed by atoms with Crippen molar-refractivity contribution in [3.63, 3.8) is 0 Å². The second-order valence-electron chi connectivity index (χ2n) is 4.23. The molecule has 0 aliphatic carbocycles. The van der Waals surface area contributed by atoms with Gasteiger partial charge >= 0.3 is 0 Å². The second kappa shape index (κ2) is 4.40. The van der Waals surface area contributed by atoms with E-state index in [9.17, 15) is 0 Å². The summed E-state index contributed by atoms with van der Waals surface area (Å²) in [5.74, 6) is 0.864. The van der Waals surface area contributed by atoms with Crippen LogP contribution in [0.2, 0.25) is 0 Å². The van der Waals surface area contributed by atoms with Gasteiger partial charge in [0.25, 0.3) is 0 Å². The van der Waals surface area contributed by atoms with Crippen LogP contribution >= 0.6 is 11.5 Å². The molecule has 0 N–H and O–H groups in total. The SMILES string of the molecule is Cc1nsc(N2CCC(n3ccnn3)CC2)n1. The van der Waals surface area contributed by atoms with Crippen LogP contribution in [-0.2, 0) is 0 Å². The van der Waals surface area contributed by atoms with Crippen LogP contribution in [0.25, 0.3) is 0 Å². The minimum atomic E-state index is 0.475. The second-order valence-corrected chi connectivity index (χ2v) is 4.96. The first-order chi connectivity index (χ1) is 8.33. The van der Waals surface area contributed by atoms with Crippen LogP contribution < -0.4 is 4.90 Å². The maximum atomic E-state index is 4.42. The van der Waals surface area contributed by atoms with Crippen LogP contribution in [0.3, 0.4) is 0 Å². The summed E-state index contributed by atoms with van der Waals surface area (Å²) < 4.78 is 6.18. The van der Waals surface area contributed by atoms with E-state index in [4.69, 9.17) is 0 Å². The normalized spacial score (nSPS) is 17.6. The third-order valence-electron chi connectivity index (χ3n) is 3.07. The van der Waals surface area contributed by atoms with Gasteiger partial charge < -0.3 is 4.90 Å². The predicted molar refractivity (Wildman–Crippen MR) is 65.2 cm³/mol. The number of piperidine rings is 1. The molecule has 3 rings (SSSR count). The standard InChI is InChI=1S/C10H14N6S/c1-8-12-10(17-13-8)15-5-2-9(3-6-15)16-7-4-11-14-16/h4,7,9H,2-3,5-6H2,1H3. The number of hydrogen-bond donors (Lipinski definition) is 0. The van der Waals surface area contributed by atoms with E-state index >= 15 is 0 Å². The van der Waals surface area contributed by atoms with Crippen molar-refractivity contribution in [1.29, 1.82) is 0 Å². The Bertz CT molecular complexity index is 471. The minimum Gasteiger partial charge on any atom is -0.347 e. The third-order valence-corrected chi connectivity index (χ3v) is 3.94. The highest BCUT2D eigenvalue weighted by Gasteiger charge is 2.22. The summed E-state index contributed by atoms with van der Waals surface area (Å²) in [6.45, 7) is 3.96. The van der Waals surface area contributed by atoms with Gasteiger partial charge in [-0.1, -0.05) is 5.21 Å². The van der Waals surface area contributed by atoms with Crippen molar-refractivity contribution < 1.29 is 0 Å². The summed E-state index contributed by atoms with van der Waals surface area (Å²) >= 11 is 1.48. The molecule has 7 heteroatoms. The Kier molecular flexibility index (Phi) is 2.76. The zero-order valence-corrected chi connectivity index (χ0v) is 10.5. The number of aromatic nitrogens is 5. The van der Waals surface area contributed by atoms with Gasteiger partial charge in [0.15, 0.2) is 0 Å². The molecular weight excluding hydrogens is 236 g/mol. The lowest BCUT2D eigenvalue weighted by Crippen LogP contribution is -2.34. The van der Waals surface area contributed by atoms with E-state index in [1.807, 2.05) is 17.8 Å². The van der Waals surface area contributed by atoms with Gasteiger partial charge in [0.05, 0.1) is 12.2 Å². The summed E-state index contributed by atoms with van der Waals surface area (Å²) in [4.78, 5) is 6.72. The Morgan fingerprint density at radius 3 is 2.76 bits per heavy atom. The van der Waals surface area contributed by atoms with Crippen molar-refractivity contribution in [2.75, 3.05) is 18.0 Å². The predicted octanol–water partition coefficient (Wildman–Crippen LogP) is 1.28. The highest BCUT2D eigenvalue weighted by atomic mass is 32.1. The fraction of sp³-hybridized carbons (Fsp3) is 0.600. The van der Waals surface area contributed by atoms with Crippen molar-refractivity contribution in [3.8, 4) is 0 Å².